The van der Waals surface area contributed by atoms with Crippen molar-refractivity contribution in [2.75, 3.05) is 25.0 Å². The molecule has 2 N–H and O–H groups in total. The van der Waals surface area contributed by atoms with Gasteiger partial charge in [-0.25, -0.2) is 4.98 Å². The van der Waals surface area contributed by atoms with Crippen LogP contribution in [0.1, 0.15) is 56.9 Å². The molecule has 5 rings (SSSR count). The Hall–Kier alpha value is -2.47. The van der Waals surface area contributed by atoms with Crippen LogP contribution in [-0.2, 0) is 9.59 Å². The fraction of sp³-hybridized carbons (Fsp3) is 0.593. The van der Waals surface area contributed by atoms with E-state index in [0.29, 0.717) is 17.7 Å². The van der Waals surface area contributed by atoms with Gasteiger partial charge in [0.1, 0.15) is 11.6 Å². The minimum atomic E-state index is 0.0248. The third kappa shape index (κ3) is 5.21. The average molecular weight is 449 g/mol. The van der Waals surface area contributed by atoms with Gasteiger partial charge in [0.25, 0.3) is 0 Å². The van der Waals surface area contributed by atoms with Crippen molar-refractivity contribution in [2.24, 2.45) is 11.8 Å². The normalized spacial score (nSPS) is 26.7. The Balaban J connectivity index is 1.04. The van der Waals surface area contributed by atoms with E-state index in [4.69, 9.17) is 0 Å². The van der Waals surface area contributed by atoms with Gasteiger partial charge in [-0.15, -0.1) is 0 Å². The number of amides is 1. The molecule has 6 nitrogen and oxygen atoms in total. The topological polar surface area (TPSA) is 74.3 Å². The molecule has 1 saturated heterocycles. The minimum Gasteiger partial charge on any atom is -0.360 e. The lowest BCUT2D eigenvalue weighted by Crippen LogP contribution is -2.63. The molecule has 2 saturated carbocycles. The molecule has 0 radical (unpaired) electrons. The summed E-state index contributed by atoms with van der Waals surface area (Å²) >= 11 is 0. The molecule has 6 heteroatoms. The summed E-state index contributed by atoms with van der Waals surface area (Å²) in [4.78, 5) is 31.3. The van der Waals surface area contributed by atoms with Crippen molar-refractivity contribution >= 4 is 28.3 Å². The maximum Gasteiger partial charge on any atom is 0.239 e. The highest BCUT2D eigenvalue weighted by Gasteiger charge is 2.37. The first kappa shape index (κ1) is 22.3. The fourth-order valence-corrected chi connectivity index (χ4v) is 6.17. The number of pyridine rings is 1. The third-order valence-corrected chi connectivity index (χ3v) is 8.06. The van der Waals surface area contributed by atoms with Gasteiger partial charge in [0.05, 0.1) is 12.6 Å². The van der Waals surface area contributed by atoms with Gasteiger partial charge in [0.2, 0.25) is 5.91 Å². The molecule has 1 aromatic carbocycles. The quantitative estimate of drug-likeness (QED) is 0.697. The Morgan fingerprint density at radius 1 is 1.09 bits per heavy atom. The van der Waals surface area contributed by atoms with E-state index in [-0.39, 0.29) is 18.5 Å². The van der Waals surface area contributed by atoms with Crippen LogP contribution in [0.5, 0.6) is 0 Å². The zero-order valence-electron chi connectivity index (χ0n) is 19.7. The number of aryl methyl sites for hydroxylation is 1. The van der Waals surface area contributed by atoms with E-state index in [1.165, 1.54) is 37.7 Å². The molecule has 0 spiro atoms. The smallest absolute Gasteiger partial charge is 0.239 e. The molecule has 2 aliphatic carbocycles. The van der Waals surface area contributed by atoms with Gasteiger partial charge in [0, 0.05) is 43.6 Å². The van der Waals surface area contributed by atoms with Crippen LogP contribution in [0.15, 0.2) is 30.5 Å². The average Bonchev–Trinajstić information content (AvgIpc) is 2.80. The van der Waals surface area contributed by atoms with Gasteiger partial charge < -0.3 is 10.6 Å². The summed E-state index contributed by atoms with van der Waals surface area (Å²) in [6.07, 6.45) is 10.8. The lowest BCUT2D eigenvalue weighted by Gasteiger charge is -2.47. The molecule has 3 aliphatic rings. The van der Waals surface area contributed by atoms with Gasteiger partial charge in [0.15, 0.2) is 0 Å². The van der Waals surface area contributed by atoms with E-state index in [0.717, 1.165) is 54.9 Å². The number of carbonyl (C=O) groups excluding carboxylic acids is 2. The van der Waals surface area contributed by atoms with Crippen LogP contribution >= 0.6 is 0 Å². The first-order valence-corrected chi connectivity index (χ1v) is 12.7. The van der Waals surface area contributed by atoms with E-state index in [9.17, 15) is 9.59 Å². The van der Waals surface area contributed by atoms with Gasteiger partial charge in [-0.05, 0) is 74.8 Å². The molecule has 1 aliphatic heterocycles. The Labute approximate surface area is 196 Å². The number of Topliss-reactive ketones (excluding diaryl/α,β-unsaturated/α-hetero) is 1. The van der Waals surface area contributed by atoms with Gasteiger partial charge >= 0.3 is 0 Å². The summed E-state index contributed by atoms with van der Waals surface area (Å²) in [6.45, 7) is 4.21. The Morgan fingerprint density at radius 3 is 2.70 bits per heavy atom. The van der Waals surface area contributed by atoms with Crippen LogP contribution in [0.25, 0.3) is 10.8 Å². The molecule has 1 aromatic heterocycles. The number of rotatable bonds is 6. The van der Waals surface area contributed by atoms with Crippen molar-refractivity contribution in [3.05, 3.63) is 36.0 Å². The molecular formula is C27H36N4O2. The number of nitrogens with one attached hydrogen (secondary N) is 2. The van der Waals surface area contributed by atoms with Crippen LogP contribution in [-0.4, -0.2) is 53.3 Å². The van der Waals surface area contributed by atoms with Gasteiger partial charge in [-0.1, -0.05) is 17.7 Å². The van der Waals surface area contributed by atoms with Crippen LogP contribution in [0.2, 0.25) is 0 Å². The van der Waals surface area contributed by atoms with E-state index < -0.39 is 0 Å². The van der Waals surface area contributed by atoms with Crippen LogP contribution in [0.4, 0.5) is 5.82 Å². The number of hydrogen-bond acceptors (Lipinski definition) is 5. The second kappa shape index (κ2) is 9.80. The Morgan fingerprint density at radius 2 is 1.91 bits per heavy atom. The maximum absolute atomic E-state index is 12.5. The number of aromatic nitrogens is 1. The van der Waals surface area contributed by atoms with Gasteiger partial charge in [-0.3, -0.25) is 14.5 Å². The second-order valence-corrected chi connectivity index (χ2v) is 10.4. The number of carbonyl (C=O) groups is 2. The van der Waals surface area contributed by atoms with Gasteiger partial charge in [-0.2, -0.15) is 0 Å². The highest BCUT2D eigenvalue weighted by Crippen LogP contribution is 2.39. The number of benzene rings is 1. The molecule has 33 heavy (non-hydrogen) atoms. The zero-order valence-corrected chi connectivity index (χ0v) is 19.7. The largest absolute Gasteiger partial charge is 0.360 e. The van der Waals surface area contributed by atoms with Crippen LogP contribution in [0, 0.1) is 18.8 Å². The molecule has 0 bridgehead atoms. The van der Waals surface area contributed by atoms with Crippen molar-refractivity contribution in [1.82, 2.24) is 15.2 Å². The summed E-state index contributed by atoms with van der Waals surface area (Å²) in [5.41, 5.74) is 1.18. The van der Waals surface area contributed by atoms with Crippen LogP contribution < -0.4 is 10.6 Å². The van der Waals surface area contributed by atoms with Crippen molar-refractivity contribution in [2.45, 2.75) is 70.4 Å². The monoisotopic (exact) mass is 448 g/mol. The summed E-state index contributed by atoms with van der Waals surface area (Å²) in [7, 11) is 0. The first-order valence-electron chi connectivity index (χ1n) is 12.7. The molecule has 1 amide bonds. The number of hydrogen-bond donors (Lipinski definition) is 2. The highest BCUT2D eigenvalue weighted by molar-refractivity contribution is 5.93. The third-order valence-electron chi connectivity index (χ3n) is 8.06. The summed E-state index contributed by atoms with van der Waals surface area (Å²) in [6, 6.07) is 9.16. The Bertz CT molecular complexity index is 1010. The molecule has 176 valence electrons. The van der Waals surface area contributed by atoms with E-state index in [1.54, 1.807) is 6.20 Å². The van der Waals surface area contributed by atoms with E-state index >= 15 is 0 Å². The predicted octanol–water partition coefficient (Wildman–Crippen LogP) is 4.07. The zero-order chi connectivity index (χ0) is 22.8. The number of ketones is 1. The molecule has 2 aromatic rings. The van der Waals surface area contributed by atoms with E-state index in [2.05, 4.69) is 45.6 Å². The highest BCUT2D eigenvalue weighted by atomic mass is 16.2. The van der Waals surface area contributed by atoms with Crippen molar-refractivity contribution < 1.29 is 9.59 Å². The maximum atomic E-state index is 12.5. The predicted molar refractivity (Wildman–Crippen MR) is 131 cm³/mol. The van der Waals surface area contributed by atoms with Crippen molar-refractivity contribution in [3.63, 3.8) is 0 Å². The number of nitrogens with zero attached hydrogens (tertiary/aromatic N) is 2. The van der Waals surface area contributed by atoms with Crippen LogP contribution in [0.3, 0.4) is 0 Å². The number of anilines is 1. The molecule has 2 heterocycles. The SMILES string of the molecule is Cc1ccc2ccnc(NCC(=O)NC3CN(C4CCC(C5CCCC(=O)C5)CC4)C3)c2c1. The Kier molecular flexibility index (Phi) is 6.63. The van der Waals surface area contributed by atoms with Crippen molar-refractivity contribution in [1.29, 1.82) is 0 Å². The molecular weight excluding hydrogens is 412 g/mol. The number of fused-ring (bicyclic) bond motifs is 1. The molecule has 1 atom stereocenters. The molecule has 1 unspecified atom stereocenters. The second-order valence-electron chi connectivity index (χ2n) is 10.4. The summed E-state index contributed by atoms with van der Waals surface area (Å²) < 4.78 is 0. The minimum absolute atomic E-state index is 0.0248. The lowest BCUT2D eigenvalue weighted by atomic mass is 9.71. The van der Waals surface area contributed by atoms with E-state index in [1.807, 2.05) is 6.07 Å². The first-order chi connectivity index (χ1) is 16.0. The standard InChI is InChI=1S/C27H36N4O2/c1-18-5-6-20-11-12-28-27(25(20)13-18)29-15-26(33)30-22-16-31(17-22)23-9-7-19(8-10-23)21-3-2-4-24(32)14-21/h5-6,11-13,19,21-23H,2-4,7-10,14-17H2,1H3,(H,28,29)(H,30,33). The van der Waals surface area contributed by atoms with Crippen molar-refractivity contribution in [3.8, 4) is 0 Å². The lowest BCUT2D eigenvalue weighted by molar-refractivity contribution is -0.123. The molecule has 3 fully saturated rings. The summed E-state index contributed by atoms with van der Waals surface area (Å²) in [5, 5.41) is 8.57. The number of likely N-dealkylation sites (tertiary alicyclic amines) is 1. The summed E-state index contributed by atoms with van der Waals surface area (Å²) in [5.74, 6) is 2.66. The fourth-order valence-electron chi connectivity index (χ4n) is 6.17.